The van der Waals surface area contributed by atoms with Crippen LogP contribution in [0.5, 0.6) is 5.75 Å². The van der Waals surface area contributed by atoms with Crippen molar-refractivity contribution in [2.24, 2.45) is 0 Å². The second-order valence-corrected chi connectivity index (χ2v) is 4.82. The number of hydrogen-bond acceptors (Lipinski definition) is 4. The zero-order valence-electron chi connectivity index (χ0n) is 12.1. The summed E-state index contributed by atoms with van der Waals surface area (Å²) in [6.07, 6.45) is 0. The highest BCUT2D eigenvalue weighted by atomic mass is 16.6. The normalized spacial score (nSPS) is 10.2. The van der Waals surface area contributed by atoms with Crippen LogP contribution in [-0.2, 0) is 0 Å². The lowest BCUT2D eigenvalue weighted by Gasteiger charge is -2.10. The molecule has 0 amide bonds. The van der Waals surface area contributed by atoms with Crippen molar-refractivity contribution in [1.82, 2.24) is 0 Å². The molecule has 2 aromatic rings. The number of para-hydroxylation sites is 1. The van der Waals surface area contributed by atoms with E-state index in [1.807, 2.05) is 31.2 Å². The molecule has 0 saturated heterocycles. The van der Waals surface area contributed by atoms with Crippen molar-refractivity contribution in [3.63, 3.8) is 0 Å². The molecule has 0 aliphatic rings. The average Bonchev–Trinajstić information content (AvgIpc) is 2.43. The second kappa shape index (κ2) is 6.74. The lowest BCUT2D eigenvalue weighted by molar-refractivity contribution is -0.384. The number of rotatable bonds is 6. The van der Waals surface area contributed by atoms with Gasteiger partial charge in [0.1, 0.15) is 18.0 Å². The number of aryl methyl sites for hydroxylation is 2. The zero-order chi connectivity index (χ0) is 15.2. The fourth-order valence-electron chi connectivity index (χ4n) is 2.10. The average molecular weight is 286 g/mol. The lowest BCUT2D eigenvalue weighted by atomic mass is 10.1. The van der Waals surface area contributed by atoms with Crippen LogP contribution in [0.15, 0.2) is 42.5 Å². The van der Waals surface area contributed by atoms with Gasteiger partial charge in [-0.15, -0.1) is 0 Å². The molecule has 0 aromatic heterocycles. The van der Waals surface area contributed by atoms with Gasteiger partial charge in [0.15, 0.2) is 0 Å². The number of nitrogens with zero attached hydrogens (tertiary/aromatic N) is 1. The third kappa shape index (κ3) is 3.95. The number of benzene rings is 2. The highest BCUT2D eigenvalue weighted by Gasteiger charge is 2.15. The van der Waals surface area contributed by atoms with E-state index < -0.39 is 0 Å². The Morgan fingerprint density at radius 1 is 1.19 bits per heavy atom. The fraction of sp³-hybridized carbons (Fsp3) is 0.250. The summed E-state index contributed by atoms with van der Waals surface area (Å²) in [4.78, 5) is 10.7. The topological polar surface area (TPSA) is 64.4 Å². The Bertz CT molecular complexity index is 641. The lowest BCUT2D eigenvalue weighted by Crippen LogP contribution is -2.12. The highest BCUT2D eigenvalue weighted by molar-refractivity contribution is 5.64. The molecule has 0 bridgehead atoms. The minimum absolute atomic E-state index is 0.119. The van der Waals surface area contributed by atoms with Gasteiger partial charge in [0, 0.05) is 12.1 Å². The summed E-state index contributed by atoms with van der Waals surface area (Å²) < 4.78 is 5.61. The van der Waals surface area contributed by atoms with Gasteiger partial charge in [0.05, 0.1) is 4.92 Å². The Kier molecular flexibility index (Phi) is 4.77. The Morgan fingerprint density at radius 3 is 2.67 bits per heavy atom. The summed E-state index contributed by atoms with van der Waals surface area (Å²) in [7, 11) is 0. The maximum absolute atomic E-state index is 11.1. The van der Waals surface area contributed by atoms with Crippen LogP contribution in [0.3, 0.4) is 0 Å². The largest absolute Gasteiger partial charge is 0.492 e. The zero-order valence-corrected chi connectivity index (χ0v) is 12.1. The number of hydrogen-bond donors (Lipinski definition) is 1. The Labute approximate surface area is 123 Å². The van der Waals surface area contributed by atoms with Crippen LogP contribution in [0.4, 0.5) is 11.4 Å². The summed E-state index contributed by atoms with van der Waals surface area (Å²) in [6.45, 7) is 4.67. The quantitative estimate of drug-likeness (QED) is 0.499. The fourth-order valence-corrected chi connectivity index (χ4v) is 2.10. The first-order valence-electron chi connectivity index (χ1n) is 6.75. The van der Waals surface area contributed by atoms with Crippen LogP contribution in [0.1, 0.15) is 11.1 Å². The standard InChI is InChI=1S/C16H18N2O3/c1-12-5-3-7-14(11-12)21-10-9-17-15-8-4-6-13(2)16(15)18(19)20/h3-8,11,17H,9-10H2,1-2H3. The molecule has 0 unspecified atom stereocenters. The molecular weight excluding hydrogens is 268 g/mol. The van der Waals surface area contributed by atoms with Gasteiger partial charge in [-0.2, -0.15) is 0 Å². The van der Waals surface area contributed by atoms with Gasteiger partial charge in [0.2, 0.25) is 0 Å². The predicted molar refractivity (Wildman–Crippen MR) is 83.0 cm³/mol. The molecule has 21 heavy (non-hydrogen) atoms. The van der Waals surface area contributed by atoms with Crippen LogP contribution in [0.2, 0.25) is 0 Å². The first kappa shape index (κ1) is 14.8. The van der Waals surface area contributed by atoms with Crippen LogP contribution < -0.4 is 10.1 Å². The summed E-state index contributed by atoms with van der Waals surface area (Å²) in [5, 5.41) is 14.1. The van der Waals surface area contributed by atoms with Gasteiger partial charge in [-0.1, -0.05) is 24.3 Å². The van der Waals surface area contributed by atoms with E-state index in [1.165, 1.54) is 0 Å². The van der Waals surface area contributed by atoms with Gasteiger partial charge in [0.25, 0.3) is 5.69 Å². The number of nitrogens with one attached hydrogen (secondary N) is 1. The SMILES string of the molecule is Cc1cccc(OCCNc2cccc(C)c2[N+](=O)[O-])c1. The summed E-state index contributed by atoms with van der Waals surface area (Å²) in [5.74, 6) is 0.801. The van der Waals surface area contributed by atoms with E-state index in [4.69, 9.17) is 4.74 Å². The van der Waals surface area contributed by atoms with E-state index >= 15 is 0 Å². The van der Waals surface area contributed by atoms with Crippen LogP contribution in [0, 0.1) is 24.0 Å². The molecule has 1 N–H and O–H groups in total. The maximum Gasteiger partial charge on any atom is 0.295 e. The summed E-state index contributed by atoms with van der Waals surface area (Å²) in [6, 6.07) is 13.0. The van der Waals surface area contributed by atoms with Crippen molar-refractivity contribution in [2.75, 3.05) is 18.5 Å². The second-order valence-electron chi connectivity index (χ2n) is 4.82. The molecule has 110 valence electrons. The van der Waals surface area contributed by atoms with Crippen molar-refractivity contribution < 1.29 is 9.66 Å². The minimum Gasteiger partial charge on any atom is -0.492 e. The van der Waals surface area contributed by atoms with Crippen molar-refractivity contribution >= 4 is 11.4 Å². The number of nitro groups is 1. The molecule has 2 rings (SSSR count). The van der Waals surface area contributed by atoms with Gasteiger partial charge in [-0.25, -0.2) is 0 Å². The molecule has 0 fully saturated rings. The molecule has 5 nitrogen and oxygen atoms in total. The van der Waals surface area contributed by atoms with Gasteiger partial charge in [-0.3, -0.25) is 10.1 Å². The van der Waals surface area contributed by atoms with Crippen LogP contribution in [0.25, 0.3) is 0 Å². The monoisotopic (exact) mass is 286 g/mol. The molecule has 0 spiro atoms. The van der Waals surface area contributed by atoms with E-state index in [9.17, 15) is 10.1 Å². The van der Waals surface area contributed by atoms with E-state index in [0.29, 0.717) is 24.4 Å². The van der Waals surface area contributed by atoms with Crippen molar-refractivity contribution in [3.8, 4) is 5.75 Å². The number of nitro benzene ring substituents is 1. The smallest absolute Gasteiger partial charge is 0.295 e. The molecule has 0 radical (unpaired) electrons. The maximum atomic E-state index is 11.1. The predicted octanol–water partition coefficient (Wildman–Crippen LogP) is 3.70. The first-order chi connectivity index (χ1) is 10.1. The molecule has 5 heteroatoms. The summed E-state index contributed by atoms with van der Waals surface area (Å²) in [5.41, 5.74) is 2.42. The minimum atomic E-state index is -0.362. The Morgan fingerprint density at radius 2 is 1.95 bits per heavy atom. The highest BCUT2D eigenvalue weighted by Crippen LogP contribution is 2.27. The van der Waals surface area contributed by atoms with Gasteiger partial charge in [-0.05, 0) is 37.6 Å². The third-order valence-electron chi connectivity index (χ3n) is 3.10. The van der Waals surface area contributed by atoms with E-state index in [2.05, 4.69) is 5.32 Å². The molecule has 0 aliphatic carbocycles. The van der Waals surface area contributed by atoms with E-state index in [1.54, 1.807) is 25.1 Å². The number of ether oxygens (including phenoxy) is 1. The molecule has 0 saturated carbocycles. The first-order valence-corrected chi connectivity index (χ1v) is 6.75. The van der Waals surface area contributed by atoms with Crippen LogP contribution in [-0.4, -0.2) is 18.1 Å². The molecule has 2 aromatic carbocycles. The van der Waals surface area contributed by atoms with Crippen molar-refractivity contribution in [3.05, 3.63) is 63.7 Å². The van der Waals surface area contributed by atoms with Crippen molar-refractivity contribution in [2.45, 2.75) is 13.8 Å². The molecule has 0 heterocycles. The Hall–Kier alpha value is -2.56. The Balaban J connectivity index is 1.92. The van der Waals surface area contributed by atoms with Gasteiger partial charge < -0.3 is 10.1 Å². The third-order valence-corrected chi connectivity index (χ3v) is 3.10. The van der Waals surface area contributed by atoms with E-state index in [0.717, 1.165) is 11.3 Å². The molecule has 0 atom stereocenters. The van der Waals surface area contributed by atoms with Crippen LogP contribution >= 0.6 is 0 Å². The number of anilines is 1. The summed E-state index contributed by atoms with van der Waals surface area (Å²) >= 11 is 0. The van der Waals surface area contributed by atoms with Gasteiger partial charge >= 0.3 is 0 Å². The molecule has 0 aliphatic heterocycles. The van der Waals surface area contributed by atoms with Crippen molar-refractivity contribution in [1.29, 1.82) is 0 Å². The molecular formula is C16H18N2O3. The van der Waals surface area contributed by atoms with E-state index in [-0.39, 0.29) is 10.6 Å².